The lowest BCUT2D eigenvalue weighted by atomic mass is 10.0. The summed E-state index contributed by atoms with van der Waals surface area (Å²) < 4.78 is 0. The second-order valence-corrected chi connectivity index (χ2v) is 4.45. The van der Waals surface area contributed by atoms with Crippen molar-refractivity contribution in [3.8, 4) is 0 Å². The monoisotopic (exact) mass is 263 g/mol. The smallest absolute Gasteiger partial charge is 0.239 e. The molecule has 19 heavy (non-hydrogen) atoms. The molecule has 0 unspecified atom stereocenters. The van der Waals surface area contributed by atoms with Crippen LogP contribution in [-0.4, -0.2) is 35.8 Å². The minimum absolute atomic E-state index is 0.0750. The first-order chi connectivity index (χ1) is 9.04. The van der Waals surface area contributed by atoms with Gasteiger partial charge in [-0.15, -0.1) is 0 Å². The SMILES string of the molecule is CCN(CC(N)=O)C(=O)[C@@H](N)CCc1ccccc1. The highest BCUT2D eigenvalue weighted by Crippen LogP contribution is 2.06. The van der Waals surface area contributed by atoms with Crippen LogP contribution < -0.4 is 11.5 Å². The molecular formula is C14H21N3O2. The fraction of sp³-hybridized carbons (Fsp3) is 0.429. The number of carbonyl (C=O) groups excluding carboxylic acids is 2. The van der Waals surface area contributed by atoms with Gasteiger partial charge >= 0.3 is 0 Å². The van der Waals surface area contributed by atoms with E-state index in [4.69, 9.17) is 11.5 Å². The maximum Gasteiger partial charge on any atom is 0.239 e. The van der Waals surface area contributed by atoms with Gasteiger partial charge in [-0.25, -0.2) is 0 Å². The summed E-state index contributed by atoms with van der Waals surface area (Å²) in [6, 6.07) is 9.25. The molecule has 0 aliphatic heterocycles. The van der Waals surface area contributed by atoms with Crippen LogP contribution in [0.5, 0.6) is 0 Å². The molecule has 1 aromatic rings. The molecule has 2 amide bonds. The molecule has 0 bridgehead atoms. The number of aryl methyl sites for hydroxylation is 1. The van der Waals surface area contributed by atoms with Crippen LogP contribution in [0.2, 0.25) is 0 Å². The van der Waals surface area contributed by atoms with Gasteiger partial charge in [0.05, 0.1) is 12.6 Å². The first-order valence-corrected chi connectivity index (χ1v) is 6.41. The predicted octanol–water partition coefficient (Wildman–Crippen LogP) is 0.280. The van der Waals surface area contributed by atoms with E-state index in [1.54, 1.807) is 6.92 Å². The minimum Gasteiger partial charge on any atom is -0.368 e. The van der Waals surface area contributed by atoms with Crippen molar-refractivity contribution in [2.75, 3.05) is 13.1 Å². The fourth-order valence-electron chi connectivity index (χ4n) is 1.86. The summed E-state index contributed by atoms with van der Waals surface area (Å²) in [5, 5.41) is 0. The number of nitrogens with zero attached hydrogens (tertiary/aromatic N) is 1. The van der Waals surface area contributed by atoms with Gasteiger partial charge in [0.25, 0.3) is 0 Å². The second kappa shape index (κ2) is 7.53. The van der Waals surface area contributed by atoms with Gasteiger partial charge in [0, 0.05) is 6.54 Å². The molecule has 0 saturated heterocycles. The van der Waals surface area contributed by atoms with E-state index in [2.05, 4.69) is 0 Å². The van der Waals surface area contributed by atoms with Crippen molar-refractivity contribution in [2.24, 2.45) is 11.5 Å². The van der Waals surface area contributed by atoms with Gasteiger partial charge in [-0.1, -0.05) is 30.3 Å². The molecule has 4 N–H and O–H groups in total. The van der Waals surface area contributed by atoms with E-state index in [9.17, 15) is 9.59 Å². The Labute approximate surface area is 113 Å². The second-order valence-electron chi connectivity index (χ2n) is 4.45. The number of benzene rings is 1. The third-order valence-corrected chi connectivity index (χ3v) is 2.94. The Hall–Kier alpha value is -1.88. The Bertz CT molecular complexity index is 420. The Kier molecular flexibility index (Phi) is 6.02. The van der Waals surface area contributed by atoms with Crippen molar-refractivity contribution in [1.82, 2.24) is 4.90 Å². The molecule has 0 spiro atoms. The van der Waals surface area contributed by atoms with Crippen molar-refractivity contribution in [3.05, 3.63) is 35.9 Å². The number of rotatable bonds is 7. The van der Waals surface area contributed by atoms with Crippen LogP contribution in [-0.2, 0) is 16.0 Å². The normalized spacial score (nSPS) is 11.9. The molecule has 5 nitrogen and oxygen atoms in total. The molecule has 0 aliphatic carbocycles. The molecule has 0 aromatic heterocycles. The van der Waals surface area contributed by atoms with Crippen LogP contribution in [0.4, 0.5) is 0 Å². The highest BCUT2D eigenvalue weighted by Gasteiger charge is 2.20. The number of nitrogens with two attached hydrogens (primary N) is 2. The van der Waals surface area contributed by atoms with E-state index in [-0.39, 0.29) is 12.5 Å². The molecule has 104 valence electrons. The molecule has 5 heteroatoms. The summed E-state index contributed by atoms with van der Waals surface area (Å²) >= 11 is 0. The summed E-state index contributed by atoms with van der Waals surface area (Å²) in [6.45, 7) is 2.15. The molecule has 1 rings (SSSR count). The molecule has 0 aliphatic rings. The van der Waals surface area contributed by atoms with Gasteiger partial charge in [-0.3, -0.25) is 9.59 Å². The summed E-state index contributed by atoms with van der Waals surface area (Å²) in [5.74, 6) is -0.748. The standard InChI is InChI=1S/C14H21N3O2/c1-2-17(10-13(16)18)14(19)12(15)9-8-11-6-4-3-5-7-11/h3-7,12H,2,8-10,15H2,1H3,(H2,16,18)/t12-/m0/s1. The molecule has 0 heterocycles. The quantitative estimate of drug-likeness (QED) is 0.740. The average Bonchev–Trinajstić information content (AvgIpc) is 2.42. The number of amides is 2. The van der Waals surface area contributed by atoms with Gasteiger partial charge in [0.2, 0.25) is 11.8 Å². The summed E-state index contributed by atoms with van der Waals surface area (Å²) in [6.07, 6.45) is 1.29. The summed E-state index contributed by atoms with van der Waals surface area (Å²) in [4.78, 5) is 24.3. The van der Waals surface area contributed by atoms with Crippen LogP contribution in [0, 0.1) is 0 Å². The number of hydrogen-bond donors (Lipinski definition) is 2. The van der Waals surface area contributed by atoms with E-state index in [0.717, 1.165) is 12.0 Å². The van der Waals surface area contributed by atoms with Gasteiger partial charge < -0.3 is 16.4 Å². The van der Waals surface area contributed by atoms with Crippen LogP contribution in [0.3, 0.4) is 0 Å². The Morgan fingerprint density at radius 1 is 1.26 bits per heavy atom. The van der Waals surface area contributed by atoms with Crippen LogP contribution >= 0.6 is 0 Å². The van der Waals surface area contributed by atoms with Gasteiger partial charge in [0.1, 0.15) is 0 Å². The number of likely N-dealkylation sites (N-methyl/N-ethyl adjacent to an activating group) is 1. The van der Waals surface area contributed by atoms with Crippen molar-refractivity contribution in [1.29, 1.82) is 0 Å². The van der Waals surface area contributed by atoms with E-state index in [0.29, 0.717) is 13.0 Å². The third kappa shape index (κ3) is 5.09. The first-order valence-electron chi connectivity index (χ1n) is 6.41. The largest absolute Gasteiger partial charge is 0.368 e. The molecular weight excluding hydrogens is 242 g/mol. The summed E-state index contributed by atoms with van der Waals surface area (Å²) in [5.41, 5.74) is 12.1. The molecule has 1 atom stereocenters. The van der Waals surface area contributed by atoms with Crippen molar-refractivity contribution in [2.45, 2.75) is 25.8 Å². The Morgan fingerprint density at radius 3 is 2.42 bits per heavy atom. The van der Waals surface area contributed by atoms with E-state index < -0.39 is 11.9 Å². The van der Waals surface area contributed by atoms with E-state index in [1.807, 2.05) is 30.3 Å². The zero-order valence-corrected chi connectivity index (χ0v) is 11.2. The zero-order valence-electron chi connectivity index (χ0n) is 11.2. The van der Waals surface area contributed by atoms with Crippen LogP contribution in [0.25, 0.3) is 0 Å². The number of carbonyl (C=O) groups is 2. The molecule has 0 fully saturated rings. The highest BCUT2D eigenvalue weighted by atomic mass is 16.2. The van der Waals surface area contributed by atoms with Crippen LogP contribution in [0.1, 0.15) is 18.9 Å². The van der Waals surface area contributed by atoms with Gasteiger partial charge in [0.15, 0.2) is 0 Å². The third-order valence-electron chi connectivity index (χ3n) is 2.94. The first kappa shape index (κ1) is 15.2. The Balaban J connectivity index is 2.49. The average molecular weight is 263 g/mol. The molecule has 0 saturated carbocycles. The predicted molar refractivity (Wildman–Crippen MR) is 74.2 cm³/mol. The fourth-order valence-corrected chi connectivity index (χ4v) is 1.86. The van der Waals surface area contributed by atoms with E-state index in [1.165, 1.54) is 4.90 Å². The number of primary amides is 1. The Morgan fingerprint density at radius 2 is 1.89 bits per heavy atom. The van der Waals surface area contributed by atoms with Gasteiger partial charge in [-0.2, -0.15) is 0 Å². The minimum atomic E-state index is -0.598. The molecule has 1 aromatic carbocycles. The topological polar surface area (TPSA) is 89.4 Å². The highest BCUT2D eigenvalue weighted by molar-refractivity contribution is 5.86. The van der Waals surface area contributed by atoms with E-state index >= 15 is 0 Å². The van der Waals surface area contributed by atoms with Crippen molar-refractivity contribution >= 4 is 11.8 Å². The maximum atomic E-state index is 12.0. The van der Waals surface area contributed by atoms with Crippen LogP contribution in [0.15, 0.2) is 30.3 Å². The van der Waals surface area contributed by atoms with Crippen molar-refractivity contribution < 1.29 is 9.59 Å². The zero-order chi connectivity index (χ0) is 14.3. The van der Waals surface area contributed by atoms with Gasteiger partial charge in [-0.05, 0) is 25.3 Å². The summed E-state index contributed by atoms with van der Waals surface area (Å²) in [7, 11) is 0. The number of hydrogen-bond acceptors (Lipinski definition) is 3. The lowest BCUT2D eigenvalue weighted by molar-refractivity contribution is -0.136. The van der Waals surface area contributed by atoms with Crippen molar-refractivity contribution in [3.63, 3.8) is 0 Å². The lowest BCUT2D eigenvalue weighted by Crippen LogP contribution is -2.47. The molecule has 0 radical (unpaired) electrons. The lowest BCUT2D eigenvalue weighted by Gasteiger charge is -2.22. The maximum absolute atomic E-state index is 12.0.